The van der Waals surface area contributed by atoms with Crippen molar-refractivity contribution in [3.63, 3.8) is 0 Å². The van der Waals surface area contributed by atoms with E-state index in [2.05, 4.69) is 39.9 Å². The molecule has 1 heterocycles. The molecule has 2 N–H and O–H groups in total. The van der Waals surface area contributed by atoms with Gasteiger partial charge in [-0.25, -0.2) is 0 Å². The molecule has 1 atom stereocenters. The lowest BCUT2D eigenvalue weighted by Crippen LogP contribution is -2.23. The number of thioether (sulfide) groups is 1. The number of nitrogens with one attached hydrogen (secondary N) is 2. The van der Waals surface area contributed by atoms with Gasteiger partial charge in [-0.1, -0.05) is 59.3 Å². The summed E-state index contributed by atoms with van der Waals surface area (Å²) in [7, 11) is 0. The van der Waals surface area contributed by atoms with Gasteiger partial charge in [0.05, 0.1) is 11.8 Å². The highest BCUT2D eigenvalue weighted by Crippen LogP contribution is 2.27. The van der Waals surface area contributed by atoms with Crippen LogP contribution in [0, 0.1) is 6.92 Å². The molecule has 8 heteroatoms. The first-order chi connectivity index (χ1) is 16.0. The minimum absolute atomic E-state index is 0.101. The molecule has 0 bridgehead atoms. The first-order valence-electron chi connectivity index (χ1n) is 10.5. The van der Waals surface area contributed by atoms with Crippen molar-refractivity contribution in [1.82, 2.24) is 14.8 Å². The summed E-state index contributed by atoms with van der Waals surface area (Å²) in [5.74, 6) is 0.632. The van der Waals surface area contributed by atoms with E-state index < -0.39 is 0 Å². The first kappa shape index (κ1) is 22.9. The minimum atomic E-state index is -0.377. The van der Waals surface area contributed by atoms with E-state index in [-0.39, 0.29) is 11.2 Å². The van der Waals surface area contributed by atoms with Gasteiger partial charge in [-0.15, -0.1) is 10.2 Å². The second-order valence-corrected chi connectivity index (χ2v) is 9.29. The molecule has 0 saturated heterocycles. The van der Waals surface area contributed by atoms with E-state index in [9.17, 15) is 4.79 Å². The van der Waals surface area contributed by atoms with Crippen LogP contribution < -0.4 is 10.6 Å². The number of para-hydroxylation sites is 1. The van der Waals surface area contributed by atoms with Gasteiger partial charge in [-0.3, -0.25) is 9.36 Å². The fraction of sp³-hybridized carbons (Fsp3) is 0.160. The summed E-state index contributed by atoms with van der Waals surface area (Å²) < 4.78 is 1.95. The number of carbonyl (C=O) groups is 1. The number of aromatic nitrogens is 3. The third kappa shape index (κ3) is 5.94. The average Bonchev–Trinajstić information content (AvgIpc) is 3.22. The van der Waals surface area contributed by atoms with Crippen molar-refractivity contribution < 1.29 is 4.79 Å². The van der Waals surface area contributed by atoms with Gasteiger partial charge in [-0.2, -0.15) is 0 Å². The molecule has 0 aliphatic rings. The maximum atomic E-state index is 12.7. The number of hydrogen-bond donors (Lipinski definition) is 2. The molecule has 0 radical (unpaired) electrons. The Hall–Kier alpha value is -3.29. The first-order valence-corrected chi connectivity index (χ1v) is 11.8. The van der Waals surface area contributed by atoms with E-state index in [4.69, 9.17) is 11.6 Å². The van der Waals surface area contributed by atoms with Gasteiger partial charge in [0.25, 0.3) is 0 Å². The Bertz CT molecular complexity index is 1210. The number of anilines is 2. The molecule has 3 aromatic carbocycles. The fourth-order valence-electron chi connectivity index (χ4n) is 3.17. The third-order valence-corrected chi connectivity index (χ3v) is 6.27. The zero-order chi connectivity index (χ0) is 23.2. The summed E-state index contributed by atoms with van der Waals surface area (Å²) in [4.78, 5) is 12.7. The topological polar surface area (TPSA) is 71.8 Å². The van der Waals surface area contributed by atoms with Gasteiger partial charge >= 0.3 is 0 Å². The molecule has 4 aromatic rings. The Labute approximate surface area is 202 Å². The van der Waals surface area contributed by atoms with E-state index in [1.165, 1.54) is 17.3 Å². The van der Waals surface area contributed by atoms with Crippen LogP contribution >= 0.6 is 23.4 Å². The number of halogens is 1. The quantitative estimate of drug-likeness (QED) is 0.306. The molecule has 0 unspecified atom stereocenters. The molecule has 33 heavy (non-hydrogen) atoms. The molecule has 0 fully saturated rings. The van der Waals surface area contributed by atoms with E-state index >= 15 is 0 Å². The number of nitrogens with zero attached hydrogens (tertiary/aromatic N) is 3. The van der Waals surface area contributed by atoms with E-state index in [1.807, 2.05) is 78.2 Å². The van der Waals surface area contributed by atoms with Crippen LogP contribution in [-0.4, -0.2) is 25.9 Å². The number of benzene rings is 3. The SMILES string of the molecule is Cc1ccc(NCc2nnc(S[C@@H](C)C(=O)Nc3ccccc3)n2-c2ccc(Cl)cc2)cc1. The summed E-state index contributed by atoms with van der Waals surface area (Å²) >= 11 is 7.46. The predicted octanol–water partition coefficient (Wildman–Crippen LogP) is 5.96. The molecule has 4 rings (SSSR count). The number of aryl methyl sites for hydroxylation is 1. The van der Waals surface area contributed by atoms with Crippen molar-refractivity contribution in [3.05, 3.63) is 95.3 Å². The van der Waals surface area contributed by atoms with Crippen molar-refractivity contribution in [1.29, 1.82) is 0 Å². The van der Waals surface area contributed by atoms with Crippen molar-refractivity contribution in [2.24, 2.45) is 0 Å². The van der Waals surface area contributed by atoms with Gasteiger partial charge in [-0.05, 0) is 62.4 Å². The molecule has 1 aromatic heterocycles. The monoisotopic (exact) mass is 477 g/mol. The molecule has 0 saturated carbocycles. The van der Waals surface area contributed by atoms with Gasteiger partial charge in [0.2, 0.25) is 5.91 Å². The highest BCUT2D eigenvalue weighted by atomic mass is 35.5. The lowest BCUT2D eigenvalue weighted by Gasteiger charge is -2.14. The normalized spacial score (nSPS) is 11.7. The highest BCUT2D eigenvalue weighted by molar-refractivity contribution is 8.00. The number of hydrogen-bond acceptors (Lipinski definition) is 5. The number of rotatable bonds is 8. The fourth-order valence-corrected chi connectivity index (χ4v) is 4.18. The number of amides is 1. The average molecular weight is 478 g/mol. The van der Waals surface area contributed by atoms with Crippen LogP contribution in [0.2, 0.25) is 5.02 Å². The smallest absolute Gasteiger partial charge is 0.237 e. The van der Waals surface area contributed by atoms with Crippen molar-refractivity contribution in [3.8, 4) is 5.69 Å². The molecule has 0 spiro atoms. The Morgan fingerprint density at radius 1 is 0.970 bits per heavy atom. The Morgan fingerprint density at radius 3 is 2.36 bits per heavy atom. The highest BCUT2D eigenvalue weighted by Gasteiger charge is 2.21. The minimum Gasteiger partial charge on any atom is -0.378 e. The maximum Gasteiger partial charge on any atom is 0.237 e. The molecule has 0 aliphatic carbocycles. The van der Waals surface area contributed by atoms with Crippen LogP contribution in [0.1, 0.15) is 18.3 Å². The largest absolute Gasteiger partial charge is 0.378 e. The summed E-state index contributed by atoms with van der Waals surface area (Å²) in [6.45, 7) is 4.39. The molecular formula is C25H24ClN5OS. The zero-order valence-corrected chi connectivity index (χ0v) is 19.9. The second kappa shape index (κ2) is 10.6. The van der Waals surface area contributed by atoms with E-state index in [0.717, 1.165) is 22.9 Å². The Balaban J connectivity index is 1.55. The summed E-state index contributed by atoms with van der Waals surface area (Å²) in [5, 5.41) is 16.0. The molecule has 1 amide bonds. The van der Waals surface area contributed by atoms with Crippen molar-refractivity contribution in [2.45, 2.75) is 30.8 Å². The van der Waals surface area contributed by atoms with Crippen molar-refractivity contribution in [2.75, 3.05) is 10.6 Å². The van der Waals surface area contributed by atoms with Crippen LogP contribution in [0.25, 0.3) is 5.69 Å². The van der Waals surface area contributed by atoms with Gasteiger partial charge < -0.3 is 10.6 Å². The number of carbonyl (C=O) groups excluding carboxylic acids is 1. The van der Waals surface area contributed by atoms with Gasteiger partial charge in [0, 0.05) is 22.1 Å². The van der Waals surface area contributed by atoms with Crippen LogP contribution in [-0.2, 0) is 11.3 Å². The standard InChI is InChI=1S/C25H24ClN5OS/c1-17-8-12-20(13-9-17)27-16-23-29-30-25(31(23)22-14-10-19(26)11-15-22)33-18(2)24(32)28-21-6-4-3-5-7-21/h3-15,18,27H,16H2,1-2H3,(H,28,32)/t18-/m0/s1. The van der Waals surface area contributed by atoms with Crippen molar-refractivity contribution >= 4 is 40.6 Å². The second-order valence-electron chi connectivity index (χ2n) is 7.55. The summed E-state index contributed by atoms with van der Waals surface area (Å²) in [5.41, 5.74) is 3.84. The van der Waals surface area contributed by atoms with Crippen LogP contribution in [0.4, 0.5) is 11.4 Å². The molecule has 168 valence electrons. The molecular weight excluding hydrogens is 454 g/mol. The predicted molar refractivity (Wildman–Crippen MR) is 135 cm³/mol. The van der Waals surface area contributed by atoms with E-state index in [1.54, 1.807) is 0 Å². The third-order valence-electron chi connectivity index (χ3n) is 4.98. The van der Waals surface area contributed by atoms with Crippen LogP contribution in [0.5, 0.6) is 0 Å². The molecule has 0 aliphatic heterocycles. The lowest BCUT2D eigenvalue weighted by molar-refractivity contribution is -0.115. The van der Waals surface area contributed by atoms with Crippen LogP contribution in [0.3, 0.4) is 0 Å². The summed E-state index contributed by atoms with van der Waals surface area (Å²) in [6.07, 6.45) is 0. The van der Waals surface area contributed by atoms with Gasteiger partial charge in [0.1, 0.15) is 0 Å². The zero-order valence-electron chi connectivity index (χ0n) is 18.3. The Morgan fingerprint density at radius 2 is 1.67 bits per heavy atom. The lowest BCUT2D eigenvalue weighted by atomic mass is 10.2. The van der Waals surface area contributed by atoms with Crippen LogP contribution in [0.15, 0.2) is 84.0 Å². The summed E-state index contributed by atoms with van der Waals surface area (Å²) in [6, 6.07) is 25.1. The Kier molecular flexibility index (Phi) is 7.32. The van der Waals surface area contributed by atoms with E-state index in [0.29, 0.717) is 16.7 Å². The van der Waals surface area contributed by atoms with Gasteiger partial charge in [0.15, 0.2) is 11.0 Å². The molecule has 6 nitrogen and oxygen atoms in total. The maximum absolute atomic E-state index is 12.7.